The molecule has 0 saturated carbocycles. The molecule has 0 spiro atoms. The minimum Gasteiger partial charge on any atom is -0.326 e. The monoisotopic (exact) mass is 498 g/mol. The van der Waals surface area contributed by atoms with Crippen molar-refractivity contribution in [2.45, 2.75) is 18.7 Å². The van der Waals surface area contributed by atoms with Crippen LogP contribution >= 0.6 is 11.6 Å². The van der Waals surface area contributed by atoms with Crippen molar-refractivity contribution in [2.75, 3.05) is 16.2 Å². The average molecular weight is 499 g/mol. The molecule has 0 aromatic heterocycles. The van der Waals surface area contributed by atoms with E-state index in [1.54, 1.807) is 61.5 Å². The fraction of sp³-hybridized carbons (Fsp3) is 0.125. The summed E-state index contributed by atoms with van der Waals surface area (Å²) in [6.45, 7) is 2.64. The van der Waals surface area contributed by atoms with Gasteiger partial charge in [0.1, 0.15) is 6.54 Å². The topological polar surface area (TPSA) is 108 Å². The predicted octanol–water partition coefficient (Wildman–Crippen LogP) is 4.03. The molecule has 176 valence electrons. The molecule has 34 heavy (non-hydrogen) atoms. The van der Waals surface area contributed by atoms with Crippen LogP contribution in [-0.2, 0) is 19.6 Å². The molecule has 10 heteroatoms. The number of carbonyl (C=O) groups excluding carboxylic acids is 2. The zero-order valence-electron chi connectivity index (χ0n) is 18.5. The minimum atomic E-state index is -4.04. The summed E-state index contributed by atoms with van der Waals surface area (Å²) in [6, 6.07) is 21.0. The largest absolute Gasteiger partial charge is 0.326 e. The molecule has 0 radical (unpaired) electrons. The Morgan fingerprint density at radius 1 is 0.912 bits per heavy atom. The van der Waals surface area contributed by atoms with Crippen LogP contribution in [0.4, 0.5) is 11.4 Å². The number of benzene rings is 3. The Morgan fingerprint density at radius 3 is 2.12 bits per heavy atom. The molecule has 0 unspecified atom stereocenters. The molecule has 0 aliphatic rings. The maximum Gasteiger partial charge on any atom is 0.264 e. The lowest BCUT2D eigenvalue weighted by Crippen LogP contribution is -2.39. The highest BCUT2D eigenvalue weighted by Gasteiger charge is 2.27. The Labute approximate surface area is 203 Å². The summed E-state index contributed by atoms with van der Waals surface area (Å²) in [7, 11) is -4.04. The number of amides is 2. The van der Waals surface area contributed by atoms with E-state index in [1.165, 1.54) is 31.2 Å². The first-order valence-corrected chi connectivity index (χ1v) is 12.0. The van der Waals surface area contributed by atoms with E-state index in [4.69, 9.17) is 11.6 Å². The molecule has 0 heterocycles. The quantitative estimate of drug-likeness (QED) is 0.361. The maximum absolute atomic E-state index is 13.3. The molecule has 0 bridgehead atoms. The number of hydrogen-bond acceptors (Lipinski definition) is 5. The summed E-state index contributed by atoms with van der Waals surface area (Å²) in [6.07, 6.45) is 0. The molecule has 0 aliphatic heterocycles. The Morgan fingerprint density at radius 2 is 1.53 bits per heavy atom. The van der Waals surface area contributed by atoms with Gasteiger partial charge in [0.2, 0.25) is 5.91 Å². The molecule has 2 N–H and O–H groups in total. The third kappa shape index (κ3) is 6.43. The van der Waals surface area contributed by atoms with Crippen molar-refractivity contribution in [3.63, 3.8) is 0 Å². The SMILES string of the molecule is CC(=O)Nc1ccc(/C(C)=N\NC(=O)CN(c2ccccc2)S(=O)(=O)c2ccc(Cl)cc2)cc1. The lowest BCUT2D eigenvalue weighted by Gasteiger charge is -2.23. The predicted molar refractivity (Wildman–Crippen MR) is 134 cm³/mol. The van der Waals surface area contributed by atoms with E-state index in [0.29, 0.717) is 22.1 Å². The molecule has 0 fully saturated rings. The molecule has 0 aliphatic carbocycles. The number of nitrogens with zero attached hydrogens (tertiary/aromatic N) is 2. The van der Waals surface area contributed by atoms with Gasteiger partial charge in [-0.2, -0.15) is 5.10 Å². The van der Waals surface area contributed by atoms with E-state index in [1.807, 2.05) is 0 Å². The minimum absolute atomic E-state index is 0.00694. The first-order chi connectivity index (χ1) is 16.2. The summed E-state index contributed by atoms with van der Waals surface area (Å²) in [5, 5.41) is 7.16. The number of rotatable bonds is 8. The normalized spacial score (nSPS) is 11.6. The van der Waals surface area contributed by atoms with Gasteiger partial charge in [-0.3, -0.25) is 13.9 Å². The Balaban J connectivity index is 1.78. The Kier molecular flexibility index (Phi) is 8.04. The summed E-state index contributed by atoms with van der Waals surface area (Å²) in [5.74, 6) is -0.794. The van der Waals surface area contributed by atoms with Crippen molar-refractivity contribution in [3.8, 4) is 0 Å². The van der Waals surface area contributed by atoms with Crippen LogP contribution in [0.15, 0.2) is 88.9 Å². The zero-order valence-corrected chi connectivity index (χ0v) is 20.1. The average Bonchev–Trinajstić information content (AvgIpc) is 2.82. The third-order valence-electron chi connectivity index (χ3n) is 4.70. The van der Waals surface area contributed by atoms with Crippen molar-refractivity contribution in [3.05, 3.63) is 89.4 Å². The maximum atomic E-state index is 13.3. The molecule has 3 aromatic carbocycles. The van der Waals surface area contributed by atoms with Gasteiger partial charge in [-0.25, -0.2) is 13.8 Å². The van der Waals surface area contributed by atoms with Crippen LogP contribution in [-0.4, -0.2) is 32.5 Å². The van der Waals surface area contributed by atoms with Gasteiger partial charge < -0.3 is 5.32 Å². The van der Waals surface area contributed by atoms with Crippen molar-refractivity contribution in [2.24, 2.45) is 5.10 Å². The third-order valence-corrected chi connectivity index (χ3v) is 6.74. The van der Waals surface area contributed by atoms with E-state index in [9.17, 15) is 18.0 Å². The molecule has 0 atom stereocenters. The summed E-state index contributed by atoms with van der Waals surface area (Å²) >= 11 is 5.89. The van der Waals surface area contributed by atoms with Crippen LogP contribution < -0.4 is 15.0 Å². The number of anilines is 2. The molecule has 0 saturated heterocycles. The second kappa shape index (κ2) is 11.0. The van der Waals surface area contributed by atoms with Crippen molar-refractivity contribution >= 4 is 50.5 Å². The van der Waals surface area contributed by atoms with Crippen molar-refractivity contribution < 1.29 is 18.0 Å². The second-order valence-corrected chi connectivity index (χ2v) is 9.59. The van der Waals surface area contributed by atoms with E-state index in [-0.39, 0.29) is 10.8 Å². The highest BCUT2D eigenvalue weighted by Crippen LogP contribution is 2.24. The molecule has 2 amide bonds. The lowest BCUT2D eigenvalue weighted by molar-refractivity contribution is -0.119. The molecular weight excluding hydrogens is 476 g/mol. The second-order valence-electron chi connectivity index (χ2n) is 7.29. The van der Waals surface area contributed by atoms with Gasteiger partial charge in [0.05, 0.1) is 16.3 Å². The molecule has 3 aromatic rings. The number of sulfonamides is 1. The van der Waals surface area contributed by atoms with Crippen molar-refractivity contribution in [1.29, 1.82) is 0 Å². The van der Waals surface area contributed by atoms with Crippen LogP contribution in [0, 0.1) is 0 Å². The number of para-hydroxylation sites is 1. The van der Waals surface area contributed by atoms with Crippen LogP contribution in [0.25, 0.3) is 0 Å². The number of carbonyl (C=O) groups is 2. The number of nitrogens with one attached hydrogen (secondary N) is 2. The Hall–Kier alpha value is -3.69. The van der Waals surface area contributed by atoms with Gasteiger partial charge in [0.15, 0.2) is 0 Å². The van der Waals surface area contributed by atoms with Crippen molar-refractivity contribution in [1.82, 2.24) is 5.43 Å². The molecular formula is C24H23ClN4O4S. The van der Waals surface area contributed by atoms with E-state index < -0.39 is 22.5 Å². The summed E-state index contributed by atoms with van der Waals surface area (Å²) in [5.41, 5.74) is 4.62. The molecule has 8 nitrogen and oxygen atoms in total. The number of hydrogen-bond donors (Lipinski definition) is 2. The lowest BCUT2D eigenvalue weighted by atomic mass is 10.1. The first-order valence-electron chi connectivity index (χ1n) is 10.2. The zero-order chi connectivity index (χ0) is 24.7. The fourth-order valence-corrected chi connectivity index (χ4v) is 4.56. The fourth-order valence-electron chi connectivity index (χ4n) is 3.02. The Bertz CT molecular complexity index is 1290. The standard InChI is InChI=1S/C24H23ClN4O4S/c1-17(19-8-12-21(13-9-19)26-18(2)30)27-28-24(31)16-29(22-6-4-3-5-7-22)34(32,33)23-14-10-20(25)11-15-23/h3-15H,16H2,1-2H3,(H,26,30)(H,28,31)/b27-17-. The van der Waals surface area contributed by atoms with E-state index >= 15 is 0 Å². The molecule has 3 rings (SSSR count). The van der Waals surface area contributed by atoms with Gasteiger partial charge in [0, 0.05) is 17.6 Å². The first kappa shape index (κ1) is 24.9. The summed E-state index contributed by atoms with van der Waals surface area (Å²) < 4.78 is 27.6. The van der Waals surface area contributed by atoms with Crippen LogP contribution in [0.1, 0.15) is 19.4 Å². The van der Waals surface area contributed by atoms with Crippen LogP contribution in [0.5, 0.6) is 0 Å². The van der Waals surface area contributed by atoms with E-state index in [0.717, 1.165) is 9.87 Å². The highest BCUT2D eigenvalue weighted by atomic mass is 35.5. The van der Waals surface area contributed by atoms with Gasteiger partial charge >= 0.3 is 0 Å². The van der Waals surface area contributed by atoms with Crippen LogP contribution in [0.3, 0.4) is 0 Å². The van der Waals surface area contributed by atoms with Gasteiger partial charge in [-0.1, -0.05) is 41.9 Å². The number of hydrazone groups is 1. The van der Waals surface area contributed by atoms with Gasteiger partial charge in [0.25, 0.3) is 15.9 Å². The van der Waals surface area contributed by atoms with Gasteiger partial charge in [-0.05, 0) is 61.0 Å². The highest BCUT2D eigenvalue weighted by molar-refractivity contribution is 7.92. The summed E-state index contributed by atoms with van der Waals surface area (Å²) in [4.78, 5) is 23.8. The van der Waals surface area contributed by atoms with E-state index in [2.05, 4.69) is 15.8 Å². The van der Waals surface area contributed by atoms with Crippen LogP contribution in [0.2, 0.25) is 5.02 Å². The number of halogens is 1. The van der Waals surface area contributed by atoms with Gasteiger partial charge in [-0.15, -0.1) is 0 Å². The smallest absolute Gasteiger partial charge is 0.264 e.